The molecule has 1 aliphatic rings. The monoisotopic (exact) mass is 429 g/mol. The summed E-state index contributed by atoms with van der Waals surface area (Å²) in [5.74, 6) is -1.73. The number of nitrogens with zero attached hydrogens (tertiary/aromatic N) is 1. The molecule has 1 aliphatic heterocycles. The highest BCUT2D eigenvalue weighted by atomic mass is 35.5. The van der Waals surface area contributed by atoms with Crippen LogP contribution in [0.2, 0.25) is 10.0 Å². The van der Waals surface area contributed by atoms with Crippen LogP contribution in [0.5, 0.6) is 0 Å². The van der Waals surface area contributed by atoms with Crippen LogP contribution in [0.4, 0.5) is 5.69 Å². The minimum absolute atomic E-state index is 0.0229. The highest BCUT2D eigenvalue weighted by molar-refractivity contribution is 7.10. The maximum atomic E-state index is 12.9. The van der Waals surface area contributed by atoms with Crippen LogP contribution in [0, 0.1) is 0 Å². The summed E-state index contributed by atoms with van der Waals surface area (Å²) < 4.78 is 0. The zero-order valence-corrected chi connectivity index (χ0v) is 16.6. The molecular formula is C21H13Cl2NO3S. The van der Waals surface area contributed by atoms with Gasteiger partial charge in [0.05, 0.1) is 5.57 Å². The van der Waals surface area contributed by atoms with E-state index in [-0.39, 0.29) is 11.3 Å². The molecule has 2 heterocycles. The molecule has 2 aromatic carbocycles. The van der Waals surface area contributed by atoms with Gasteiger partial charge in [0.25, 0.3) is 11.7 Å². The van der Waals surface area contributed by atoms with Crippen LogP contribution in [0.3, 0.4) is 0 Å². The molecule has 0 aliphatic carbocycles. The van der Waals surface area contributed by atoms with Gasteiger partial charge in [-0.3, -0.25) is 14.5 Å². The van der Waals surface area contributed by atoms with Crippen molar-refractivity contribution in [1.82, 2.24) is 0 Å². The highest BCUT2D eigenvalue weighted by Crippen LogP contribution is 2.44. The Balaban J connectivity index is 1.94. The number of hydrogen-bond acceptors (Lipinski definition) is 4. The fourth-order valence-corrected chi connectivity index (χ4v) is 4.43. The Kier molecular flexibility index (Phi) is 4.98. The van der Waals surface area contributed by atoms with E-state index in [2.05, 4.69) is 0 Å². The van der Waals surface area contributed by atoms with Crippen LogP contribution in [0.1, 0.15) is 16.5 Å². The number of ketones is 1. The Morgan fingerprint density at radius 2 is 1.68 bits per heavy atom. The Hall–Kier alpha value is -2.60. The van der Waals surface area contributed by atoms with Gasteiger partial charge in [-0.05, 0) is 41.8 Å². The number of amides is 1. The van der Waals surface area contributed by atoms with E-state index >= 15 is 0 Å². The first-order chi connectivity index (χ1) is 13.5. The van der Waals surface area contributed by atoms with Crippen molar-refractivity contribution in [3.63, 3.8) is 0 Å². The van der Waals surface area contributed by atoms with Gasteiger partial charge in [-0.25, -0.2) is 0 Å². The van der Waals surface area contributed by atoms with Gasteiger partial charge in [0, 0.05) is 26.2 Å². The minimum Gasteiger partial charge on any atom is -0.507 e. The second kappa shape index (κ2) is 7.43. The van der Waals surface area contributed by atoms with Gasteiger partial charge in [0.15, 0.2) is 0 Å². The molecule has 1 fully saturated rings. The third kappa shape index (κ3) is 3.22. The van der Waals surface area contributed by atoms with Gasteiger partial charge in [-0.1, -0.05) is 47.5 Å². The Morgan fingerprint density at radius 1 is 0.964 bits per heavy atom. The molecule has 1 N–H and O–H groups in total. The maximum Gasteiger partial charge on any atom is 0.300 e. The lowest BCUT2D eigenvalue weighted by molar-refractivity contribution is -0.132. The number of aliphatic hydroxyl groups excluding tert-OH is 1. The van der Waals surface area contributed by atoms with E-state index in [1.165, 1.54) is 16.2 Å². The van der Waals surface area contributed by atoms with Crippen LogP contribution in [-0.2, 0) is 9.59 Å². The third-order valence-corrected chi connectivity index (χ3v) is 5.84. The van der Waals surface area contributed by atoms with Crippen molar-refractivity contribution < 1.29 is 14.7 Å². The van der Waals surface area contributed by atoms with Gasteiger partial charge in [0.1, 0.15) is 11.8 Å². The van der Waals surface area contributed by atoms with Crippen molar-refractivity contribution in [2.24, 2.45) is 0 Å². The van der Waals surface area contributed by atoms with Gasteiger partial charge < -0.3 is 5.11 Å². The highest BCUT2D eigenvalue weighted by Gasteiger charge is 2.47. The van der Waals surface area contributed by atoms with Crippen molar-refractivity contribution in [2.75, 3.05) is 4.90 Å². The number of halogens is 2. The second-order valence-electron chi connectivity index (χ2n) is 6.17. The van der Waals surface area contributed by atoms with Gasteiger partial charge in [0.2, 0.25) is 0 Å². The fraction of sp³-hybridized carbons (Fsp3) is 0.0476. The summed E-state index contributed by atoms with van der Waals surface area (Å²) in [5, 5.41) is 13.6. The second-order valence-corrected chi connectivity index (χ2v) is 8.03. The first-order valence-corrected chi connectivity index (χ1v) is 9.97. The topological polar surface area (TPSA) is 57.6 Å². The first kappa shape index (κ1) is 18.7. The molecule has 1 amide bonds. The fourth-order valence-electron chi connectivity index (χ4n) is 3.23. The van der Waals surface area contributed by atoms with Gasteiger partial charge >= 0.3 is 0 Å². The number of rotatable bonds is 3. The van der Waals surface area contributed by atoms with Crippen molar-refractivity contribution in [2.45, 2.75) is 6.04 Å². The Morgan fingerprint density at radius 3 is 2.32 bits per heavy atom. The first-order valence-electron chi connectivity index (χ1n) is 8.33. The largest absolute Gasteiger partial charge is 0.507 e. The number of aliphatic hydroxyl groups is 1. The molecule has 7 heteroatoms. The number of carbonyl (C=O) groups is 2. The zero-order valence-electron chi connectivity index (χ0n) is 14.3. The molecule has 0 spiro atoms. The number of benzene rings is 2. The predicted molar refractivity (Wildman–Crippen MR) is 112 cm³/mol. The van der Waals surface area contributed by atoms with Crippen LogP contribution in [0.25, 0.3) is 5.76 Å². The summed E-state index contributed by atoms with van der Waals surface area (Å²) in [4.78, 5) is 27.9. The molecule has 0 radical (unpaired) electrons. The molecule has 1 aromatic heterocycles. The van der Waals surface area contributed by atoms with Crippen LogP contribution < -0.4 is 4.90 Å². The Labute approximate surface area is 175 Å². The summed E-state index contributed by atoms with van der Waals surface area (Å²) in [5.41, 5.74) is 0.881. The molecule has 0 bridgehead atoms. The molecule has 28 heavy (non-hydrogen) atoms. The van der Waals surface area contributed by atoms with E-state index in [1.807, 2.05) is 17.5 Å². The summed E-state index contributed by atoms with van der Waals surface area (Å²) >= 11 is 13.5. The normalized spacial score (nSPS) is 18.6. The van der Waals surface area contributed by atoms with Gasteiger partial charge in [-0.15, -0.1) is 11.3 Å². The van der Waals surface area contributed by atoms with E-state index in [9.17, 15) is 14.7 Å². The Bertz CT molecular complexity index is 1110. The van der Waals surface area contributed by atoms with E-state index < -0.39 is 17.7 Å². The standard InChI is InChI=1S/C21H13Cl2NO3S/c22-13-5-1-4-12(10-13)19(25)17-18(16-8-3-9-28-16)24(21(27)20(17)26)15-7-2-6-14(23)11-15/h1-11,18,25H/b19-17-. The van der Waals surface area contributed by atoms with E-state index in [0.29, 0.717) is 21.3 Å². The molecule has 1 atom stereocenters. The average Bonchev–Trinajstić information content (AvgIpc) is 3.28. The molecule has 1 saturated heterocycles. The van der Waals surface area contributed by atoms with Crippen molar-refractivity contribution >= 4 is 57.7 Å². The molecule has 0 saturated carbocycles. The zero-order chi connectivity index (χ0) is 19.8. The van der Waals surface area contributed by atoms with E-state index in [0.717, 1.165) is 4.88 Å². The van der Waals surface area contributed by atoms with Crippen LogP contribution in [0.15, 0.2) is 71.6 Å². The molecule has 3 aromatic rings. The van der Waals surface area contributed by atoms with E-state index in [4.69, 9.17) is 23.2 Å². The van der Waals surface area contributed by atoms with Gasteiger partial charge in [-0.2, -0.15) is 0 Å². The molecule has 140 valence electrons. The summed E-state index contributed by atoms with van der Waals surface area (Å²) in [7, 11) is 0. The average molecular weight is 430 g/mol. The smallest absolute Gasteiger partial charge is 0.300 e. The predicted octanol–water partition coefficient (Wildman–Crippen LogP) is 5.68. The van der Waals surface area contributed by atoms with Crippen molar-refractivity contribution in [1.29, 1.82) is 0 Å². The van der Waals surface area contributed by atoms with E-state index in [1.54, 1.807) is 48.5 Å². The SMILES string of the molecule is O=C1C(=O)N(c2cccc(Cl)c2)C(c2cccs2)/C1=C(/O)c1cccc(Cl)c1. The van der Waals surface area contributed by atoms with Crippen molar-refractivity contribution in [3.8, 4) is 0 Å². The lowest BCUT2D eigenvalue weighted by Crippen LogP contribution is -2.29. The maximum absolute atomic E-state index is 12.9. The summed E-state index contributed by atoms with van der Waals surface area (Å²) in [6.07, 6.45) is 0. The quantitative estimate of drug-likeness (QED) is 0.330. The number of carbonyl (C=O) groups excluding carboxylic acids is 2. The molecule has 4 nitrogen and oxygen atoms in total. The molecule has 1 unspecified atom stereocenters. The number of thiophene rings is 1. The van der Waals surface area contributed by atoms with Crippen molar-refractivity contribution in [3.05, 3.63) is 92.1 Å². The number of anilines is 1. The third-order valence-electron chi connectivity index (χ3n) is 4.44. The summed E-state index contributed by atoms with van der Waals surface area (Å²) in [6, 6.07) is 16.1. The summed E-state index contributed by atoms with van der Waals surface area (Å²) in [6.45, 7) is 0. The molecule has 4 rings (SSSR count). The number of Topliss-reactive ketones (excluding diaryl/α,β-unsaturated/α-hetero) is 1. The van der Waals surface area contributed by atoms with Crippen LogP contribution in [-0.4, -0.2) is 16.8 Å². The van der Waals surface area contributed by atoms with Crippen LogP contribution >= 0.6 is 34.5 Å². The number of hydrogen-bond donors (Lipinski definition) is 1. The lowest BCUT2D eigenvalue weighted by Gasteiger charge is -2.24. The molecular weight excluding hydrogens is 417 g/mol. The minimum atomic E-state index is -0.754. The lowest BCUT2D eigenvalue weighted by atomic mass is 10.00.